The molecule has 1 saturated heterocycles. The van der Waals surface area contributed by atoms with Gasteiger partial charge in [0.05, 0.1) is 30.5 Å². The van der Waals surface area contributed by atoms with E-state index in [1.165, 1.54) is 29.6 Å². The van der Waals surface area contributed by atoms with Crippen LogP contribution in [0.4, 0.5) is 9.52 Å². The van der Waals surface area contributed by atoms with Gasteiger partial charge in [-0.15, -0.1) is 0 Å². The van der Waals surface area contributed by atoms with Gasteiger partial charge in [-0.1, -0.05) is 47.7 Å². The topological polar surface area (TPSA) is 97.2 Å². The predicted molar refractivity (Wildman–Crippen MR) is 140 cm³/mol. The third-order valence-electron chi connectivity index (χ3n) is 6.40. The first-order valence-electron chi connectivity index (χ1n) is 11.9. The van der Waals surface area contributed by atoms with Crippen molar-refractivity contribution in [2.24, 2.45) is 0 Å². The summed E-state index contributed by atoms with van der Waals surface area (Å²) in [6.07, 6.45) is 6.99. The number of benzene rings is 2. The smallest absolute Gasteiger partial charge is 0.254 e. The largest absolute Gasteiger partial charge is 0.330 e. The van der Waals surface area contributed by atoms with Crippen molar-refractivity contribution in [2.45, 2.75) is 43.0 Å². The number of thiazole rings is 1. The predicted octanol–water partition coefficient (Wildman–Crippen LogP) is 4.87. The van der Waals surface area contributed by atoms with Crippen LogP contribution in [0, 0.1) is 5.82 Å². The molecule has 2 aromatic carbocycles. The molecule has 0 radical (unpaired) electrons. The van der Waals surface area contributed by atoms with Crippen LogP contribution >= 0.6 is 11.3 Å². The number of carbonyl (C=O) groups excluding carboxylic acids is 1. The molecule has 192 valence electrons. The molecule has 1 amide bonds. The van der Waals surface area contributed by atoms with E-state index < -0.39 is 10.0 Å². The molecule has 8 nitrogen and oxygen atoms in total. The molecule has 2 aromatic heterocycles. The van der Waals surface area contributed by atoms with Gasteiger partial charge in [-0.25, -0.2) is 22.8 Å². The van der Waals surface area contributed by atoms with E-state index in [0.29, 0.717) is 25.9 Å². The molecule has 0 aliphatic carbocycles. The standard InChI is InChI=1S/C26H26FN5O3S2/c1-18(33)30-26-29-16-25(36-26)37(34,35)32-13-4-7-23(32)21-5-2-3-6-22(21)24-15-28-17-31(24)14-12-19-8-10-20(27)11-9-19/h2-3,5-6,8-11,15-17,23H,4,7,12-14H2,1H3,(H,29,30,33). The Bertz CT molecular complexity index is 1510. The molecule has 4 aromatic rings. The van der Waals surface area contributed by atoms with Crippen molar-refractivity contribution in [3.63, 3.8) is 0 Å². The lowest BCUT2D eigenvalue weighted by Crippen LogP contribution is -2.30. The fourth-order valence-corrected chi connectivity index (χ4v) is 7.57. The average molecular weight is 540 g/mol. The van der Waals surface area contributed by atoms with Crippen LogP contribution in [0.5, 0.6) is 0 Å². The maximum Gasteiger partial charge on any atom is 0.254 e. The van der Waals surface area contributed by atoms with Gasteiger partial charge in [-0.05, 0) is 42.5 Å². The van der Waals surface area contributed by atoms with E-state index in [0.717, 1.165) is 40.1 Å². The van der Waals surface area contributed by atoms with Crippen LogP contribution in [0.1, 0.15) is 36.9 Å². The molecular formula is C26H26FN5O3S2. The number of carbonyl (C=O) groups is 1. The Morgan fingerprint density at radius 2 is 1.95 bits per heavy atom. The summed E-state index contributed by atoms with van der Waals surface area (Å²) >= 11 is 0.952. The molecule has 0 spiro atoms. The minimum absolute atomic E-state index is 0.102. The minimum Gasteiger partial charge on any atom is -0.330 e. The monoisotopic (exact) mass is 539 g/mol. The number of imidazole rings is 1. The van der Waals surface area contributed by atoms with E-state index in [1.54, 1.807) is 24.7 Å². The van der Waals surface area contributed by atoms with Crippen LogP contribution in [0.15, 0.2) is 71.5 Å². The zero-order valence-electron chi connectivity index (χ0n) is 20.2. The third kappa shape index (κ3) is 5.34. The van der Waals surface area contributed by atoms with Gasteiger partial charge in [-0.2, -0.15) is 4.31 Å². The fourth-order valence-electron chi connectivity index (χ4n) is 4.69. The average Bonchev–Trinajstić information content (AvgIpc) is 3.64. The Labute approximate surface area is 218 Å². The van der Waals surface area contributed by atoms with Crippen molar-refractivity contribution in [3.05, 3.63) is 84.2 Å². The molecule has 1 fully saturated rings. The molecule has 1 N–H and O–H groups in total. The zero-order valence-corrected chi connectivity index (χ0v) is 21.8. The normalized spacial score (nSPS) is 16.2. The number of rotatable bonds is 8. The van der Waals surface area contributed by atoms with E-state index in [2.05, 4.69) is 15.3 Å². The van der Waals surface area contributed by atoms with Crippen molar-refractivity contribution in [3.8, 4) is 11.3 Å². The number of sulfonamides is 1. The summed E-state index contributed by atoms with van der Waals surface area (Å²) in [6.45, 7) is 2.40. The number of hydrogen-bond donors (Lipinski definition) is 1. The van der Waals surface area contributed by atoms with Gasteiger partial charge in [0.25, 0.3) is 10.0 Å². The molecule has 0 bridgehead atoms. The second-order valence-electron chi connectivity index (χ2n) is 8.88. The highest BCUT2D eigenvalue weighted by atomic mass is 32.2. The summed E-state index contributed by atoms with van der Waals surface area (Å²) in [5, 5.41) is 2.81. The quantitative estimate of drug-likeness (QED) is 0.345. The van der Waals surface area contributed by atoms with E-state index >= 15 is 0 Å². The maximum absolute atomic E-state index is 13.6. The Hall–Kier alpha value is -3.41. The first-order chi connectivity index (χ1) is 17.8. The maximum atomic E-state index is 13.6. The third-order valence-corrected chi connectivity index (χ3v) is 9.65. The van der Waals surface area contributed by atoms with Crippen molar-refractivity contribution in [2.75, 3.05) is 11.9 Å². The minimum atomic E-state index is -3.81. The van der Waals surface area contributed by atoms with Crippen LogP contribution in [0.2, 0.25) is 0 Å². The summed E-state index contributed by atoms with van der Waals surface area (Å²) in [4.78, 5) is 19.8. The highest BCUT2D eigenvalue weighted by molar-refractivity contribution is 7.91. The van der Waals surface area contributed by atoms with Gasteiger partial charge in [0.1, 0.15) is 5.82 Å². The SMILES string of the molecule is CC(=O)Nc1ncc(S(=O)(=O)N2CCCC2c2ccccc2-c2cncn2CCc2ccc(F)cc2)s1. The number of aryl methyl sites for hydroxylation is 2. The highest BCUT2D eigenvalue weighted by Crippen LogP contribution is 2.41. The number of amides is 1. The molecule has 1 aliphatic heterocycles. The molecule has 1 aliphatic rings. The van der Waals surface area contributed by atoms with E-state index in [9.17, 15) is 17.6 Å². The number of aromatic nitrogens is 3. The van der Waals surface area contributed by atoms with Crippen molar-refractivity contribution in [1.29, 1.82) is 0 Å². The van der Waals surface area contributed by atoms with Gasteiger partial charge >= 0.3 is 0 Å². The second kappa shape index (κ2) is 10.5. The number of nitrogens with one attached hydrogen (secondary N) is 1. The van der Waals surface area contributed by atoms with Crippen LogP contribution < -0.4 is 5.32 Å². The lowest BCUT2D eigenvalue weighted by atomic mass is 9.97. The van der Waals surface area contributed by atoms with Crippen LogP contribution in [0.25, 0.3) is 11.3 Å². The molecule has 11 heteroatoms. The highest BCUT2D eigenvalue weighted by Gasteiger charge is 2.38. The van der Waals surface area contributed by atoms with Crippen molar-refractivity contribution >= 4 is 32.4 Å². The fraction of sp³-hybridized carbons (Fsp3) is 0.269. The van der Waals surface area contributed by atoms with Crippen molar-refractivity contribution < 1.29 is 17.6 Å². The Morgan fingerprint density at radius 1 is 1.16 bits per heavy atom. The van der Waals surface area contributed by atoms with Gasteiger partial charge in [-0.3, -0.25) is 4.79 Å². The summed E-state index contributed by atoms with van der Waals surface area (Å²) in [6, 6.07) is 13.9. The lowest BCUT2D eigenvalue weighted by Gasteiger charge is -2.25. The van der Waals surface area contributed by atoms with E-state index in [4.69, 9.17) is 0 Å². The van der Waals surface area contributed by atoms with E-state index in [-0.39, 0.29) is 27.1 Å². The van der Waals surface area contributed by atoms with Gasteiger partial charge in [0, 0.05) is 25.6 Å². The number of anilines is 1. The summed E-state index contributed by atoms with van der Waals surface area (Å²) in [7, 11) is -3.81. The summed E-state index contributed by atoms with van der Waals surface area (Å²) < 4.78 is 44.2. The molecule has 1 unspecified atom stereocenters. The molecule has 1 atom stereocenters. The Kier molecular flexibility index (Phi) is 7.18. The number of hydrogen-bond acceptors (Lipinski definition) is 6. The Morgan fingerprint density at radius 3 is 2.73 bits per heavy atom. The van der Waals surface area contributed by atoms with Crippen LogP contribution in [-0.2, 0) is 27.8 Å². The van der Waals surface area contributed by atoms with Gasteiger partial charge < -0.3 is 9.88 Å². The van der Waals surface area contributed by atoms with Crippen LogP contribution in [-0.4, -0.2) is 39.7 Å². The molecule has 5 rings (SSSR count). The number of halogens is 1. The lowest BCUT2D eigenvalue weighted by molar-refractivity contribution is -0.114. The molecular weight excluding hydrogens is 513 g/mol. The summed E-state index contributed by atoms with van der Waals surface area (Å²) in [5.41, 5.74) is 3.76. The van der Waals surface area contributed by atoms with Crippen molar-refractivity contribution in [1.82, 2.24) is 18.8 Å². The van der Waals surface area contributed by atoms with Gasteiger partial charge in [0.15, 0.2) is 9.34 Å². The number of nitrogens with zero attached hydrogens (tertiary/aromatic N) is 4. The van der Waals surface area contributed by atoms with E-state index in [1.807, 2.05) is 28.8 Å². The molecule has 3 heterocycles. The van der Waals surface area contributed by atoms with Gasteiger partial charge in [0.2, 0.25) is 5.91 Å². The first kappa shape index (κ1) is 25.2. The second-order valence-corrected chi connectivity index (χ2v) is 12.0. The van der Waals surface area contributed by atoms with Crippen LogP contribution in [0.3, 0.4) is 0 Å². The Balaban J connectivity index is 1.43. The molecule has 37 heavy (non-hydrogen) atoms. The molecule has 0 saturated carbocycles. The summed E-state index contributed by atoms with van der Waals surface area (Å²) in [5.74, 6) is -0.566. The zero-order chi connectivity index (χ0) is 26.0. The first-order valence-corrected chi connectivity index (χ1v) is 14.2.